The monoisotopic (exact) mass is 555 g/mol. The standard InChI is InChI=1S/C25H16BrClFN3O2S/c26-16-3-9-19(10-4-16)30-23(32)21(14-29)25-31(20-11-5-17(27)6-12-20)24(33)22(34-25)13-15-1-7-18(28)8-2-15/h1-12,22H,13H2,(H,30,32). The Hall–Kier alpha value is -3.12. The van der Waals surface area contributed by atoms with Crippen molar-refractivity contribution < 1.29 is 14.0 Å². The van der Waals surface area contributed by atoms with Crippen molar-refractivity contribution in [3.8, 4) is 6.07 Å². The summed E-state index contributed by atoms with van der Waals surface area (Å²) in [6, 6.07) is 21.4. The zero-order valence-corrected chi connectivity index (χ0v) is 20.6. The number of nitrogens with one attached hydrogen (secondary N) is 1. The highest BCUT2D eigenvalue weighted by Crippen LogP contribution is 2.42. The summed E-state index contributed by atoms with van der Waals surface area (Å²) in [6.45, 7) is 0. The molecule has 5 nitrogen and oxygen atoms in total. The van der Waals surface area contributed by atoms with Crippen LogP contribution in [0.5, 0.6) is 0 Å². The van der Waals surface area contributed by atoms with Crippen LogP contribution in [0.4, 0.5) is 15.8 Å². The Morgan fingerprint density at radius 1 is 1.09 bits per heavy atom. The van der Waals surface area contributed by atoms with Crippen molar-refractivity contribution >= 4 is 62.5 Å². The highest BCUT2D eigenvalue weighted by molar-refractivity contribution is 9.10. The van der Waals surface area contributed by atoms with E-state index >= 15 is 0 Å². The van der Waals surface area contributed by atoms with Gasteiger partial charge in [0.05, 0.1) is 5.25 Å². The van der Waals surface area contributed by atoms with Gasteiger partial charge in [-0.2, -0.15) is 5.26 Å². The fourth-order valence-electron chi connectivity index (χ4n) is 3.37. The van der Waals surface area contributed by atoms with Crippen molar-refractivity contribution in [2.45, 2.75) is 11.7 Å². The maximum atomic E-state index is 13.4. The van der Waals surface area contributed by atoms with Gasteiger partial charge in [0.1, 0.15) is 22.5 Å². The number of hydrogen-bond acceptors (Lipinski definition) is 4. The Kier molecular flexibility index (Phi) is 7.37. The average molecular weight is 557 g/mol. The number of rotatable bonds is 5. The Morgan fingerprint density at radius 2 is 1.74 bits per heavy atom. The van der Waals surface area contributed by atoms with Crippen molar-refractivity contribution in [3.63, 3.8) is 0 Å². The first-order valence-electron chi connectivity index (χ1n) is 10.1. The second-order valence-electron chi connectivity index (χ2n) is 7.34. The molecule has 2 amide bonds. The SMILES string of the molecule is N#CC(C(=O)Nc1ccc(Br)cc1)=C1SC(Cc2ccc(F)cc2)C(=O)N1c1ccc(Cl)cc1. The summed E-state index contributed by atoms with van der Waals surface area (Å²) in [5, 5.41) is 12.7. The molecule has 0 saturated carbocycles. The molecular weight excluding hydrogens is 541 g/mol. The zero-order valence-electron chi connectivity index (χ0n) is 17.5. The van der Waals surface area contributed by atoms with Crippen LogP contribution >= 0.6 is 39.3 Å². The Morgan fingerprint density at radius 3 is 2.35 bits per heavy atom. The molecule has 3 aromatic rings. The molecule has 3 aromatic carbocycles. The summed E-state index contributed by atoms with van der Waals surface area (Å²) in [4.78, 5) is 27.8. The van der Waals surface area contributed by atoms with Gasteiger partial charge >= 0.3 is 0 Å². The lowest BCUT2D eigenvalue weighted by Crippen LogP contribution is -2.30. The number of nitrogens with zero attached hydrogens (tertiary/aromatic N) is 2. The van der Waals surface area contributed by atoms with Gasteiger partial charge < -0.3 is 5.32 Å². The van der Waals surface area contributed by atoms with Gasteiger partial charge in [-0.05, 0) is 72.6 Å². The minimum Gasteiger partial charge on any atom is -0.321 e. The topological polar surface area (TPSA) is 73.2 Å². The van der Waals surface area contributed by atoms with Crippen LogP contribution in [0, 0.1) is 17.1 Å². The Labute approximate surface area is 213 Å². The Bertz CT molecular complexity index is 1310. The number of benzene rings is 3. The molecule has 1 saturated heterocycles. The molecule has 34 heavy (non-hydrogen) atoms. The van der Waals surface area contributed by atoms with E-state index in [1.54, 1.807) is 60.7 Å². The summed E-state index contributed by atoms with van der Waals surface area (Å²) in [5.41, 5.74) is 1.58. The molecule has 1 unspecified atom stereocenters. The fraction of sp³-hybridized carbons (Fsp3) is 0.0800. The van der Waals surface area contributed by atoms with E-state index in [-0.39, 0.29) is 22.3 Å². The van der Waals surface area contributed by atoms with E-state index in [1.807, 2.05) is 6.07 Å². The number of thioether (sulfide) groups is 1. The van der Waals surface area contributed by atoms with Crippen molar-refractivity contribution in [2.24, 2.45) is 0 Å². The van der Waals surface area contributed by atoms with Crippen LogP contribution in [0.25, 0.3) is 0 Å². The molecular formula is C25H16BrClFN3O2S. The van der Waals surface area contributed by atoms with E-state index in [1.165, 1.54) is 17.0 Å². The molecule has 1 fully saturated rings. The van der Waals surface area contributed by atoms with E-state index in [0.29, 0.717) is 22.8 Å². The third-order valence-electron chi connectivity index (χ3n) is 5.03. The summed E-state index contributed by atoms with van der Waals surface area (Å²) >= 11 is 10.5. The third kappa shape index (κ3) is 5.33. The van der Waals surface area contributed by atoms with Crippen LogP contribution in [-0.4, -0.2) is 17.1 Å². The molecule has 0 bridgehead atoms. The van der Waals surface area contributed by atoms with Gasteiger partial charge in [0.25, 0.3) is 5.91 Å². The second kappa shape index (κ2) is 10.4. The van der Waals surface area contributed by atoms with Gasteiger partial charge in [-0.1, -0.05) is 51.4 Å². The van der Waals surface area contributed by atoms with Gasteiger partial charge in [-0.3, -0.25) is 14.5 Å². The van der Waals surface area contributed by atoms with Gasteiger partial charge in [0.2, 0.25) is 5.91 Å². The predicted octanol–water partition coefficient (Wildman–Crippen LogP) is 6.31. The first kappa shape index (κ1) is 24.0. The van der Waals surface area contributed by atoms with E-state index < -0.39 is 11.2 Å². The first-order chi connectivity index (χ1) is 16.4. The number of carbonyl (C=O) groups excluding carboxylic acids is 2. The van der Waals surface area contributed by atoms with Crippen LogP contribution in [0.3, 0.4) is 0 Å². The van der Waals surface area contributed by atoms with E-state index in [0.717, 1.165) is 21.8 Å². The summed E-state index contributed by atoms with van der Waals surface area (Å²) in [5.74, 6) is -1.27. The minimum absolute atomic E-state index is 0.183. The lowest BCUT2D eigenvalue weighted by atomic mass is 10.1. The number of anilines is 2. The van der Waals surface area contributed by atoms with Gasteiger partial charge in [0, 0.05) is 20.9 Å². The number of nitriles is 1. The molecule has 0 aliphatic carbocycles. The molecule has 1 aliphatic rings. The summed E-state index contributed by atoms with van der Waals surface area (Å²) < 4.78 is 14.2. The zero-order chi connectivity index (χ0) is 24.2. The lowest BCUT2D eigenvalue weighted by molar-refractivity contribution is -0.117. The van der Waals surface area contributed by atoms with Crippen molar-refractivity contribution in [3.05, 3.63) is 104 Å². The minimum atomic E-state index is -0.624. The maximum Gasteiger partial charge on any atom is 0.269 e. The van der Waals surface area contributed by atoms with Crippen LogP contribution in [0.2, 0.25) is 5.02 Å². The van der Waals surface area contributed by atoms with E-state index in [9.17, 15) is 19.2 Å². The largest absolute Gasteiger partial charge is 0.321 e. The van der Waals surface area contributed by atoms with Gasteiger partial charge in [-0.15, -0.1) is 0 Å². The van der Waals surface area contributed by atoms with Crippen molar-refractivity contribution in [2.75, 3.05) is 10.2 Å². The number of hydrogen-bond donors (Lipinski definition) is 1. The molecule has 170 valence electrons. The van der Waals surface area contributed by atoms with E-state index in [2.05, 4.69) is 21.2 Å². The molecule has 0 aromatic heterocycles. The second-order valence-corrected chi connectivity index (χ2v) is 9.88. The summed E-state index contributed by atoms with van der Waals surface area (Å²) in [6.07, 6.45) is 0.310. The normalized spacial score (nSPS) is 16.8. The molecule has 0 spiro atoms. The highest BCUT2D eigenvalue weighted by atomic mass is 79.9. The highest BCUT2D eigenvalue weighted by Gasteiger charge is 2.40. The van der Waals surface area contributed by atoms with Gasteiger partial charge in [-0.25, -0.2) is 4.39 Å². The molecule has 1 heterocycles. The molecule has 1 N–H and O–H groups in total. The molecule has 0 radical (unpaired) electrons. The van der Waals surface area contributed by atoms with Gasteiger partial charge in [0.15, 0.2) is 0 Å². The summed E-state index contributed by atoms with van der Waals surface area (Å²) in [7, 11) is 0. The molecule has 1 aliphatic heterocycles. The molecule has 4 rings (SSSR count). The first-order valence-corrected chi connectivity index (χ1v) is 12.1. The predicted molar refractivity (Wildman–Crippen MR) is 136 cm³/mol. The Balaban J connectivity index is 1.71. The smallest absolute Gasteiger partial charge is 0.269 e. The third-order valence-corrected chi connectivity index (χ3v) is 7.07. The van der Waals surface area contributed by atoms with Crippen LogP contribution in [0.1, 0.15) is 5.56 Å². The van der Waals surface area contributed by atoms with Crippen molar-refractivity contribution in [1.29, 1.82) is 5.26 Å². The van der Waals surface area contributed by atoms with Crippen LogP contribution in [-0.2, 0) is 16.0 Å². The maximum absolute atomic E-state index is 13.4. The lowest BCUT2D eigenvalue weighted by Gasteiger charge is -2.19. The van der Waals surface area contributed by atoms with Crippen LogP contribution < -0.4 is 10.2 Å². The average Bonchev–Trinajstić information content (AvgIpc) is 3.13. The van der Waals surface area contributed by atoms with Crippen LogP contribution in [0.15, 0.2) is 87.9 Å². The van der Waals surface area contributed by atoms with E-state index in [4.69, 9.17) is 11.6 Å². The fourth-order valence-corrected chi connectivity index (χ4v) is 5.07. The number of amides is 2. The number of carbonyl (C=O) groups is 2. The molecule has 9 heteroatoms. The molecule has 1 atom stereocenters. The van der Waals surface area contributed by atoms with Crippen molar-refractivity contribution in [1.82, 2.24) is 0 Å². The number of halogens is 3. The quantitative estimate of drug-likeness (QED) is 0.295.